The number of rotatable bonds is 6. The number of pyridine rings is 1. The van der Waals surface area contributed by atoms with E-state index in [2.05, 4.69) is 20.1 Å². The highest BCUT2D eigenvalue weighted by atomic mass is 35.5. The third-order valence-corrected chi connectivity index (χ3v) is 5.06. The molecule has 2 heterocycles. The number of carbonyl (C=O) groups is 2. The Morgan fingerprint density at radius 1 is 1.13 bits per heavy atom. The quantitative estimate of drug-likeness (QED) is 0.436. The van der Waals surface area contributed by atoms with Crippen LogP contribution in [0.1, 0.15) is 33.0 Å². The van der Waals surface area contributed by atoms with Crippen LogP contribution in [-0.4, -0.2) is 32.8 Å². The molecule has 0 aliphatic carbocycles. The first-order valence-corrected chi connectivity index (χ1v) is 10.7. The SMILES string of the molecule is CSNC(=O)c1cc(Cl)cc(Cl)c1NC(=O)c1cc(C(F)F)nn1-c1ncccc1Cl. The second-order valence-electron chi connectivity index (χ2n) is 5.88. The van der Waals surface area contributed by atoms with Gasteiger partial charge in [0.25, 0.3) is 18.2 Å². The van der Waals surface area contributed by atoms with Crippen molar-refractivity contribution in [1.82, 2.24) is 19.5 Å². The van der Waals surface area contributed by atoms with E-state index < -0.39 is 23.9 Å². The molecule has 0 saturated carbocycles. The molecular weight excluding hydrogens is 495 g/mol. The molecule has 7 nitrogen and oxygen atoms in total. The van der Waals surface area contributed by atoms with Crippen molar-refractivity contribution in [3.8, 4) is 5.82 Å². The van der Waals surface area contributed by atoms with Crippen LogP contribution in [0.25, 0.3) is 5.82 Å². The van der Waals surface area contributed by atoms with Crippen molar-refractivity contribution in [3.05, 3.63) is 68.5 Å². The number of nitrogens with one attached hydrogen (secondary N) is 2. The van der Waals surface area contributed by atoms with E-state index in [1.165, 1.54) is 30.5 Å². The molecule has 1 aromatic carbocycles. The number of amides is 2. The van der Waals surface area contributed by atoms with E-state index in [-0.39, 0.29) is 37.8 Å². The summed E-state index contributed by atoms with van der Waals surface area (Å²) in [5, 5.41) is 6.45. The molecule has 0 fully saturated rings. The lowest BCUT2D eigenvalue weighted by molar-refractivity contribution is 0.0985. The zero-order valence-corrected chi connectivity index (χ0v) is 18.6. The molecule has 0 aliphatic rings. The number of nitrogens with zero attached hydrogens (tertiary/aromatic N) is 3. The van der Waals surface area contributed by atoms with Gasteiger partial charge in [-0.05, 0) is 30.3 Å². The molecule has 0 atom stereocenters. The van der Waals surface area contributed by atoms with Gasteiger partial charge in [-0.1, -0.05) is 46.8 Å². The number of anilines is 1. The number of carbonyl (C=O) groups excluding carboxylic acids is 2. The van der Waals surface area contributed by atoms with Gasteiger partial charge in [-0.25, -0.2) is 18.4 Å². The van der Waals surface area contributed by atoms with E-state index in [1.54, 1.807) is 6.26 Å². The number of aromatic nitrogens is 3. The zero-order chi connectivity index (χ0) is 22.7. The van der Waals surface area contributed by atoms with Crippen molar-refractivity contribution in [2.45, 2.75) is 6.43 Å². The Balaban J connectivity index is 2.08. The van der Waals surface area contributed by atoms with Crippen LogP contribution < -0.4 is 10.0 Å². The van der Waals surface area contributed by atoms with Crippen LogP contribution in [0.4, 0.5) is 14.5 Å². The third-order valence-electron chi connectivity index (χ3n) is 3.86. The summed E-state index contributed by atoms with van der Waals surface area (Å²) < 4.78 is 29.9. The fourth-order valence-electron chi connectivity index (χ4n) is 2.57. The monoisotopic (exact) mass is 505 g/mol. The summed E-state index contributed by atoms with van der Waals surface area (Å²) in [6.45, 7) is 0. The largest absolute Gasteiger partial charge is 0.319 e. The molecule has 0 bridgehead atoms. The Labute approximate surface area is 194 Å². The number of hydrogen-bond acceptors (Lipinski definition) is 5. The van der Waals surface area contributed by atoms with Crippen LogP contribution in [0.5, 0.6) is 0 Å². The molecule has 13 heteroatoms. The lowest BCUT2D eigenvalue weighted by atomic mass is 10.1. The minimum atomic E-state index is -2.95. The van der Waals surface area contributed by atoms with Crippen LogP contribution in [0.3, 0.4) is 0 Å². The van der Waals surface area contributed by atoms with Crippen molar-refractivity contribution in [2.24, 2.45) is 0 Å². The lowest BCUT2D eigenvalue weighted by Gasteiger charge is -2.14. The minimum Gasteiger partial charge on any atom is -0.319 e. The lowest BCUT2D eigenvalue weighted by Crippen LogP contribution is -2.22. The van der Waals surface area contributed by atoms with E-state index in [1.807, 2.05) is 0 Å². The number of benzene rings is 1. The van der Waals surface area contributed by atoms with Crippen molar-refractivity contribution in [2.75, 3.05) is 11.6 Å². The molecule has 0 spiro atoms. The van der Waals surface area contributed by atoms with Gasteiger partial charge in [0.2, 0.25) is 0 Å². The summed E-state index contributed by atoms with van der Waals surface area (Å²) in [6, 6.07) is 6.54. The molecule has 2 amide bonds. The average molecular weight is 507 g/mol. The molecule has 31 heavy (non-hydrogen) atoms. The first kappa shape index (κ1) is 23.3. The normalized spacial score (nSPS) is 10.9. The van der Waals surface area contributed by atoms with Gasteiger partial charge in [0.05, 0.1) is 21.3 Å². The highest BCUT2D eigenvalue weighted by Crippen LogP contribution is 2.32. The maximum Gasteiger partial charge on any atom is 0.282 e. The van der Waals surface area contributed by atoms with Crippen molar-refractivity contribution in [3.63, 3.8) is 0 Å². The highest BCUT2D eigenvalue weighted by molar-refractivity contribution is 7.97. The average Bonchev–Trinajstić information content (AvgIpc) is 3.16. The zero-order valence-electron chi connectivity index (χ0n) is 15.5. The molecule has 162 valence electrons. The summed E-state index contributed by atoms with van der Waals surface area (Å²) in [7, 11) is 0. The van der Waals surface area contributed by atoms with Crippen LogP contribution in [0.15, 0.2) is 36.5 Å². The molecule has 0 unspecified atom stereocenters. The summed E-state index contributed by atoms with van der Waals surface area (Å²) in [5.74, 6) is -1.46. The molecule has 0 saturated heterocycles. The molecule has 0 aliphatic heterocycles. The van der Waals surface area contributed by atoms with Crippen LogP contribution in [-0.2, 0) is 0 Å². The minimum absolute atomic E-state index is 0.0174. The Bertz CT molecular complexity index is 1160. The van der Waals surface area contributed by atoms with Crippen molar-refractivity contribution < 1.29 is 18.4 Å². The Morgan fingerprint density at radius 2 is 1.87 bits per heavy atom. The Kier molecular flexibility index (Phi) is 7.37. The summed E-state index contributed by atoms with van der Waals surface area (Å²) in [6.07, 6.45) is 0.0500. The van der Waals surface area contributed by atoms with E-state index in [9.17, 15) is 18.4 Å². The molecule has 3 aromatic rings. The summed E-state index contributed by atoms with van der Waals surface area (Å²) in [5.41, 5.74) is -1.02. The predicted octanol–water partition coefficient (Wildman–Crippen LogP) is 5.43. The molecule has 0 radical (unpaired) electrons. The van der Waals surface area contributed by atoms with Gasteiger partial charge in [0.15, 0.2) is 5.82 Å². The van der Waals surface area contributed by atoms with Gasteiger partial charge >= 0.3 is 0 Å². The molecule has 2 aromatic heterocycles. The van der Waals surface area contributed by atoms with E-state index >= 15 is 0 Å². The highest BCUT2D eigenvalue weighted by Gasteiger charge is 2.25. The third kappa shape index (κ3) is 5.09. The molecule has 3 rings (SSSR count). The first-order chi connectivity index (χ1) is 14.7. The van der Waals surface area contributed by atoms with Gasteiger partial charge in [-0.3, -0.25) is 14.3 Å². The number of alkyl halides is 2. The Morgan fingerprint density at radius 3 is 2.52 bits per heavy atom. The van der Waals surface area contributed by atoms with Crippen LogP contribution in [0, 0.1) is 0 Å². The van der Waals surface area contributed by atoms with Gasteiger partial charge in [-0.2, -0.15) is 5.10 Å². The smallest absolute Gasteiger partial charge is 0.282 e. The maximum absolute atomic E-state index is 13.3. The standard InChI is InChI=1S/C18H12Cl3F2N5O2S/c1-31-27-17(29)9-5-8(19)6-11(21)14(9)25-18(30)13-7-12(15(22)23)26-28(13)16-10(20)3-2-4-24-16/h2-7,15H,1H3,(H,25,30)(H,27,29). The van der Waals surface area contributed by atoms with Gasteiger partial charge in [-0.15, -0.1) is 0 Å². The van der Waals surface area contributed by atoms with Gasteiger partial charge in [0, 0.05) is 17.5 Å². The van der Waals surface area contributed by atoms with Crippen molar-refractivity contribution in [1.29, 1.82) is 0 Å². The summed E-state index contributed by atoms with van der Waals surface area (Å²) >= 11 is 19.3. The maximum atomic E-state index is 13.3. The van der Waals surface area contributed by atoms with Crippen LogP contribution in [0.2, 0.25) is 15.1 Å². The van der Waals surface area contributed by atoms with Gasteiger partial charge in [0.1, 0.15) is 11.4 Å². The predicted molar refractivity (Wildman–Crippen MR) is 117 cm³/mol. The van der Waals surface area contributed by atoms with E-state index in [0.717, 1.165) is 22.7 Å². The van der Waals surface area contributed by atoms with E-state index in [4.69, 9.17) is 34.8 Å². The summed E-state index contributed by atoms with van der Waals surface area (Å²) in [4.78, 5) is 29.4. The van der Waals surface area contributed by atoms with Crippen molar-refractivity contribution >= 4 is 64.3 Å². The number of hydrogen-bond donors (Lipinski definition) is 2. The number of halogens is 5. The Hall–Kier alpha value is -2.40. The first-order valence-electron chi connectivity index (χ1n) is 8.35. The molecular formula is C18H12Cl3F2N5O2S. The second-order valence-corrected chi connectivity index (χ2v) is 7.74. The molecule has 2 N–H and O–H groups in total. The fraction of sp³-hybridized carbons (Fsp3) is 0.111. The van der Waals surface area contributed by atoms with Gasteiger partial charge < -0.3 is 5.32 Å². The van der Waals surface area contributed by atoms with Crippen LogP contribution >= 0.6 is 46.8 Å². The topological polar surface area (TPSA) is 88.9 Å². The second kappa shape index (κ2) is 9.82. The van der Waals surface area contributed by atoms with E-state index in [0.29, 0.717) is 0 Å². The fourth-order valence-corrected chi connectivity index (χ4v) is 3.61.